The monoisotopic (exact) mass is 431 g/mol. The van der Waals surface area contributed by atoms with Crippen LogP contribution in [0.15, 0.2) is 53.4 Å². The van der Waals surface area contributed by atoms with Crippen molar-refractivity contribution in [3.8, 4) is 5.75 Å². The van der Waals surface area contributed by atoms with Crippen LogP contribution in [0.1, 0.15) is 36.0 Å². The number of nitrogens with one attached hydrogen (secondary N) is 2. The van der Waals surface area contributed by atoms with E-state index < -0.39 is 10.0 Å². The Balaban J connectivity index is 1.54. The number of rotatable bonds is 8. The van der Waals surface area contributed by atoms with Gasteiger partial charge in [-0.25, -0.2) is 8.42 Å². The molecule has 7 nitrogen and oxygen atoms in total. The van der Waals surface area contributed by atoms with E-state index in [9.17, 15) is 13.2 Å². The van der Waals surface area contributed by atoms with Crippen LogP contribution in [0.25, 0.3) is 0 Å². The average Bonchev–Trinajstić information content (AvgIpc) is 3.03. The lowest BCUT2D eigenvalue weighted by Gasteiger charge is -2.19. The summed E-state index contributed by atoms with van der Waals surface area (Å²) < 4.78 is 32.7. The van der Waals surface area contributed by atoms with E-state index in [0.29, 0.717) is 23.5 Å². The number of nitrogens with zero attached hydrogens (tertiary/aromatic N) is 1. The summed E-state index contributed by atoms with van der Waals surface area (Å²) in [6.07, 6.45) is 5.00. The van der Waals surface area contributed by atoms with E-state index >= 15 is 0 Å². The molecule has 30 heavy (non-hydrogen) atoms. The topological polar surface area (TPSA) is 87.7 Å². The summed E-state index contributed by atoms with van der Waals surface area (Å²) in [5.41, 5.74) is 0.875. The summed E-state index contributed by atoms with van der Waals surface area (Å²) in [7, 11) is -2.19. The molecule has 8 heteroatoms. The maximum absolute atomic E-state index is 12.6. The Bertz CT molecular complexity index is 920. The average molecular weight is 432 g/mol. The number of hydrogen-bond acceptors (Lipinski definition) is 5. The van der Waals surface area contributed by atoms with Gasteiger partial charge in [0.1, 0.15) is 5.75 Å². The summed E-state index contributed by atoms with van der Waals surface area (Å²) in [5, 5.41) is 2.92. The van der Waals surface area contributed by atoms with Crippen LogP contribution in [-0.2, 0) is 10.0 Å². The highest BCUT2D eigenvalue weighted by Crippen LogP contribution is 2.19. The van der Waals surface area contributed by atoms with E-state index in [1.54, 1.807) is 31.4 Å². The number of amides is 1. The van der Waals surface area contributed by atoms with Gasteiger partial charge in [-0.05, 0) is 74.5 Å². The van der Waals surface area contributed by atoms with Crippen LogP contribution in [0.5, 0.6) is 5.75 Å². The molecule has 2 aromatic carbocycles. The zero-order valence-electron chi connectivity index (χ0n) is 17.3. The van der Waals surface area contributed by atoms with Crippen molar-refractivity contribution in [2.75, 3.05) is 38.0 Å². The zero-order chi connectivity index (χ0) is 21.4. The fourth-order valence-electron chi connectivity index (χ4n) is 3.45. The molecule has 0 aliphatic carbocycles. The molecule has 2 aromatic rings. The number of methoxy groups -OCH3 is 1. The first-order valence-corrected chi connectivity index (χ1v) is 11.7. The molecular formula is C22H29N3O4S. The number of carbonyl (C=O) groups is 1. The first kappa shape index (κ1) is 22.1. The summed E-state index contributed by atoms with van der Waals surface area (Å²) in [6, 6.07) is 12.6. The third kappa shape index (κ3) is 6.21. The van der Waals surface area contributed by atoms with Gasteiger partial charge in [-0.2, -0.15) is 0 Å². The lowest BCUT2D eigenvalue weighted by atomic mass is 10.2. The Morgan fingerprint density at radius 3 is 2.20 bits per heavy atom. The zero-order valence-corrected chi connectivity index (χ0v) is 18.1. The lowest BCUT2D eigenvalue weighted by molar-refractivity contribution is 0.0948. The van der Waals surface area contributed by atoms with E-state index in [4.69, 9.17) is 4.74 Å². The minimum Gasteiger partial charge on any atom is -0.497 e. The molecule has 1 heterocycles. The third-order valence-electron chi connectivity index (χ3n) is 5.18. The predicted molar refractivity (Wildman–Crippen MR) is 117 cm³/mol. The van der Waals surface area contributed by atoms with Gasteiger partial charge in [0.2, 0.25) is 0 Å². The second-order valence-electron chi connectivity index (χ2n) is 7.37. The second-order valence-corrected chi connectivity index (χ2v) is 9.05. The first-order valence-electron chi connectivity index (χ1n) is 10.3. The lowest BCUT2D eigenvalue weighted by Crippen LogP contribution is -2.35. The molecule has 0 aromatic heterocycles. The van der Waals surface area contributed by atoms with Crippen molar-refractivity contribution in [1.29, 1.82) is 0 Å². The van der Waals surface area contributed by atoms with Crippen LogP contribution < -0.4 is 14.8 Å². The molecule has 1 aliphatic rings. The van der Waals surface area contributed by atoms with Gasteiger partial charge in [0.15, 0.2) is 0 Å². The summed E-state index contributed by atoms with van der Waals surface area (Å²) in [6.45, 7) is 3.59. The van der Waals surface area contributed by atoms with Crippen molar-refractivity contribution >= 4 is 21.6 Å². The standard InChI is InChI=1S/C22H29N3O4S/c1-29-20-10-8-19(9-11-20)24-30(27,28)21-12-6-18(7-13-21)22(26)23-14-17-25-15-4-2-3-5-16-25/h6-13,24H,2-5,14-17H2,1H3,(H,23,26). The summed E-state index contributed by atoms with van der Waals surface area (Å²) >= 11 is 0. The van der Waals surface area contributed by atoms with Gasteiger partial charge in [-0.1, -0.05) is 12.8 Å². The van der Waals surface area contributed by atoms with Crippen LogP contribution in [0.3, 0.4) is 0 Å². The summed E-state index contributed by atoms with van der Waals surface area (Å²) in [5.74, 6) is 0.445. The minimum atomic E-state index is -3.74. The van der Waals surface area contributed by atoms with Crippen molar-refractivity contribution in [3.63, 3.8) is 0 Å². The van der Waals surface area contributed by atoms with Gasteiger partial charge in [-0.15, -0.1) is 0 Å². The van der Waals surface area contributed by atoms with Gasteiger partial charge in [-0.3, -0.25) is 9.52 Å². The number of likely N-dealkylation sites (tertiary alicyclic amines) is 1. The normalized spacial score (nSPS) is 15.2. The molecule has 1 saturated heterocycles. The van der Waals surface area contributed by atoms with Gasteiger partial charge in [0.05, 0.1) is 12.0 Å². The smallest absolute Gasteiger partial charge is 0.261 e. The molecule has 0 radical (unpaired) electrons. The van der Waals surface area contributed by atoms with E-state index in [1.807, 2.05) is 0 Å². The van der Waals surface area contributed by atoms with Crippen molar-refractivity contribution in [2.24, 2.45) is 0 Å². The van der Waals surface area contributed by atoms with Gasteiger partial charge in [0.25, 0.3) is 15.9 Å². The molecule has 3 rings (SSSR count). The van der Waals surface area contributed by atoms with Crippen LogP contribution in [-0.4, -0.2) is 52.5 Å². The SMILES string of the molecule is COc1ccc(NS(=O)(=O)c2ccc(C(=O)NCCN3CCCCCC3)cc2)cc1. The quantitative estimate of drug-likeness (QED) is 0.671. The molecule has 2 N–H and O–H groups in total. The first-order chi connectivity index (χ1) is 14.5. The maximum Gasteiger partial charge on any atom is 0.261 e. The minimum absolute atomic E-state index is 0.0967. The highest BCUT2D eigenvalue weighted by atomic mass is 32.2. The number of carbonyl (C=O) groups excluding carboxylic acids is 1. The summed E-state index contributed by atoms with van der Waals surface area (Å²) in [4.78, 5) is 14.8. The number of anilines is 1. The number of ether oxygens (including phenoxy) is 1. The highest BCUT2D eigenvalue weighted by Gasteiger charge is 2.16. The van der Waals surface area contributed by atoms with E-state index in [0.717, 1.165) is 19.6 Å². The number of sulfonamides is 1. The fourth-order valence-corrected chi connectivity index (χ4v) is 4.51. The Morgan fingerprint density at radius 1 is 0.967 bits per heavy atom. The molecule has 1 fully saturated rings. The Kier molecular flexibility index (Phi) is 7.70. The predicted octanol–water partition coefficient (Wildman–Crippen LogP) is 3.10. The Labute approximate surface area is 178 Å². The fraction of sp³-hybridized carbons (Fsp3) is 0.409. The van der Waals surface area contributed by atoms with E-state index in [2.05, 4.69) is 14.9 Å². The number of benzene rings is 2. The molecule has 1 aliphatic heterocycles. The largest absolute Gasteiger partial charge is 0.497 e. The molecule has 0 unspecified atom stereocenters. The Morgan fingerprint density at radius 2 is 1.60 bits per heavy atom. The Hall–Kier alpha value is -2.58. The van der Waals surface area contributed by atoms with Crippen LogP contribution >= 0.6 is 0 Å². The van der Waals surface area contributed by atoms with E-state index in [1.165, 1.54) is 49.9 Å². The van der Waals surface area contributed by atoms with E-state index in [-0.39, 0.29) is 10.8 Å². The van der Waals surface area contributed by atoms with Crippen molar-refractivity contribution in [1.82, 2.24) is 10.2 Å². The van der Waals surface area contributed by atoms with Crippen molar-refractivity contribution in [2.45, 2.75) is 30.6 Å². The maximum atomic E-state index is 12.6. The van der Waals surface area contributed by atoms with Gasteiger partial charge >= 0.3 is 0 Å². The van der Waals surface area contributed by atoms with Crippen molar-refractivity contribution in [3.05, 3.63) is 54.1 Å². The van der Waals surface area contributed by atoms with Crippen molar-refractivity contribution < 1.29 is 17.9 Å². The third-order valence-corrected chi connectivity index (χ3v) is 6.58. The number of hydrogen-bond donors (Lipinski definition) is 2. The van der Waals surface area contributed by atoms with Crippen LogP contribution in [0, 0.1) is 0 Å². The molecule has 1 amide bonds. The van der Waals surface area contributed by atoms with Crippen LogP contribution in [0.2, 0.25) is 0 Å². The van der Waals surface area contributed by atoms with Crippen LogP contribution in [0.4, 0.5) is 5.69 Å². The molecule has 162 valence electrons. The molecule has 0 atom stereocenters. The van der Waals surface area contributed by atoms with Gasteiger partial charge in [0, 0.05) is 24.3 Å². The molecule has 0 bridgehead atoms. The molecule has 0 spiro atoms. The second kappa shape index (κ2) is 10.4. The molecular weight excluding hydrogens is 402 g/mol. The molecule has 0 saturated carbocycles. The van der Waals surface area contributed by atoms with Gasteiger partial charge < -0.3 is 15.0 Å². The highest BCUT2D eigenvalue weighted by molar-refractivity contribution is 7.92.